The third-order valence-electron chi connectivity index (χ3n) is 2.19. The fourth-order valence-electron chi connectivity index (χ4n) is 1.32. The fraction of sp³-hybridized carbons (Fsp3) is 0.273. The Balaban J connectivity index is 2.31. The second-order valence-corrected chi connectivity index (χ2v) is 3.60. The molecule has 0 aromatic carbocycles. The molecule has 3 heteroatoms. The third-order valence-corrected chi connectivity index (χ3v) is 2.19. The predicted molar refractivity (Wildman–Crippen MR) is 55.9 cm³/mol. The molecule has 2 rings (SSSR count). The number of nitrogens with zero attached hydrogens (tertiary/aromatic N) is 2. The van der Waals surface area contributed by atoms with E-state index in [9.17, 15) is 0 Å². The molecule has 0 amide bonds. The van der Waals surface area contributed by atoms with E-state index < -0.39 is 0 Å². The van der Waals surface area contributed by atoms with Crippen molar-refractivity contribution in [2.24, 2.45) is 0 Å². The first-order chi connectivity index (χ1) is 6.77. The Labute approximate surface area is 83.2 Å². The van der Waals surface area contributed by atoms with E-state index in [1.165, 1.54) is 0 Å². The van der Waals surface area contributed by atoms with Crippen molar-refractivity contribution in [3.63, 3.8) is 0 Å². The van der Waals surface area contributed by atoms with Crippen molar-refractivity contribution in [1.82, 2.24) is 15.2 Å². The van der Waals surface area contributed by atoms with Gasteiger partial charge in [0.2, 0.25) is 0 Å². The number of pyridine rings is 1. The molecular formula is C11H13N3. The van der Waals surface area contributed by atoms with Crippen LogP contribution in [0.4, 0.5) is 0 Å². The zero-order valence-corrected chi connectivity index (χ0v) is 8.36. The molecule has 3 nitrogen and oxygen atoms in total. The number of aromatic amines is 1. The molecule has 0 spiro atoms. The summed E-state index contributed by atoms with van der Waals surface area (Å²) in [6.07, 6.45) is 3.62. The van der Waals surface area contributed by atoms with E-state index in [0.29, 0.717) is 5.92 Å². The zero-order valence-electron chi connectivity index (χ0n) is 8.36. The molecule has 2 aromatic heterocycles. The topological polar surface area (TPSA) is 41.6 Å². The van der Waals surface area contributed by atoms with Gasteiger partial charge in [0.1, 0.15) is 0 Å². The minimum absolute atomic E-state index is 0.478. The number of nitrogens with one attached hydrogen (secondary N) is 1. The minimum Gasteiger partial charge on any atom is -0.278 e. The second kappa shape index (κ2) is 3.62. The second-order valence-electron chi connectivity index (χ2n) is 3.60. The van der Waals surface area contributed by atoms with Crippen LogP contribution in [-0.2, 0) is 0 Å². The predicted octanol–water partition coefficient (Wildman–Crippen LogP) is 2.60. The SMILES string of the molecule is CC(C)c1ccc(-c2ccn[nH]2)cn1. The Morgan fingerprint density at radius 2 is 2.07 bits per heavy atom. The van der Waals surface area contributed by atoms with E-state index >= 15 is 0 Å². The Bertz CT molecular complexity index is 387. The lowest BCUT2D eigenvalue weighted by molar-refractivity contribution is 0.823. The van der Waals surface area contributed by atoms with Crippen LogP contribution in [0.1, 0.15) is 25.5 Å². The van der Waals surface area contributed by atoms with Gasteiger partial charge in [-0.25, -0.2) is 0 Å². The molecule has 2 heterocycles. The molecule has 1 N–H and O–H groups in total. The summed E-state index contributed by atoms with van der Waals surface area (Å²) in [6.45, 7) is 4.27. The molecular weight excluding hydrogens is 174 g/mol. The Morgan fingerprint density at radius 1 is 1.21 bits per heavy atom. The Hall–Kier alpha value is -1.64. The van der Waals surface area contributed by atoms with E-state index in [4.69, 9.17) is 0 Å². The van der Waals surface area contributed by atoms with Crippen LogP contribution in [0.5, 0.6) is 0 Å². The number of aromatic nitrogens is 3. The third kappa shape index (κ3) is 1.66. The highest BCUT2D eigenvalue weighted by Gasteiger charge is 2.02. The summed E-state index contributed by atoms with van der Waals surface area (Å²) in [5, 5.41) is 6.82. The maximum Gasteiger partial charge on any atom is 0.0665 e. The van der Waals surface area contributed by atoms with Gasteiger partial charge in [-0.3, -0.25) is 10.1 Å². The van der Waals surface area contributed by atoms with Crippen LogP contribution in [0.15, 0.2) is 30.6 Å². The van der Waals surface area contributed by atoms with Gasteiger partial charge in [-0.05, 0) is 24.1 Å². The minimum atomic E-state index is 0.478. The largest absolute Gasteiger partial charge is 0.278 e. The molecule has 0 saturated carbocycles. The van der Waals surface area contributed by atoms with Gasteiger partial charge in [0.05, 0.1) is 5.69 Å². The molecule has 0 fully saturated rings. The highest BCUT2D eigenvalue weighted by atomic mass is 15.1. The summed E-state index contributed by atoms with van der Waals surface area (Å²) >= 11 is 0. The van der Waals surface area contributed by atoms with Crippen LogP contribution < -0.4 is 0 Å². The number of rotatable bonds is 2. The molecule has 72 valence electrons. The van der Waals surface area contributed by atoms with Crippen molar-refractivity contribution >= 4 is 0 Å². The average Bonchev–Trinajstić information content (AvgIpc) is 2.71. The first kappa shape index (κ1) is 8.94. The van der Waals surface area contributed by atoms with Crippen molar-refractivity contribution in [2.45, 2.75) is 19.8 Å². The van der Waals surface area contributed by atoms with Crippen molar-refractivity contribution in [3.8, 4) is 11.3 Å². The quantitative estimate of drug-likeness (QED) is 0.785. The molecule has 0 unspecified atom stereocenters. The lowest BCUT2D eigenvalue weighted by atomic mass is 10.1. The Kier molecular flexibility index (Phi) is 2.31. The van der Waals surface area contributed by atoms with Gasteiger partial charge >= 0.3 is 0 Å². The molecule has 0 aliphatic heterocycles. The highest BCUT2D eigenvalue weighted by Crippen LogP contribution is 2.17. The van der Waals surface area contributed by atoms with E-state index in [1.807, 2.05) is 12.3 Å². The molecule has 0 saturated heterocycles. The average molecular weight is 187 g/mol. The summed E-state index contributed by atoms with van der Waals surface area (Å²) in [4.78, 5) is 4.39. The van der Waals surface area contributed by atoms with E-state index in [1.54, 1.807) is 6.20 Å². The van der Waals surface area contributed by atoms with Crippen LogP contribution in [-0.4, -0.2) is 15.2 Å². The first-order valence-corrected chi connectivity index (χ1v) is 4.73. The van der Waals surface area contributed by atoms with Crippen molar-refractivity contribution in [3.05, 3.63) is 36.3 Å². The van der Waals surface area contributed by atoms with Crippen molar-refractivity contribution < 1.29 is 0 Å². The highest BCUT2D eigenvalue weighted by molar-refractivity contribution is 5.56. The fourth-order valence-corrected chi connectivity index (χ4v) is 1.32. The Morgan fingerprint density at radius 3 is 2.57 bits per heavy atom. The normalized spacial score (nSPS) is 10.8. The summed E-state index contributed by atoms with van der Waals surface area (Å²) in [5.41, 5.74) is 3.20. The lowest BCUT2D eigenvalue weighted by Gasteiger charge is -2.04. The van der Waals surface area contributed by atoms with Crippen LogP contribution in [0, 0.1) is 0 Å². The van der Waals surface area contributed by atoms with Crippen molar-refractivity contribution in [1.29, 1.82) is 0 Å². The van der Waals surface area contributed by atoms with E-state index in [2.05, 4.69) is 41.2 Å². The molecule has 0 aliphatic carbocycles. The van der Waals surface area contributed by atoms with E-state index in [-0.39, 0.29) is 0 Å². The van der Waals surface area contributed by atoms with E-state index in [0.717, 1.165) is 17.0 Å². The lowest BCUT2D eigenvalue weighted by Crippen LogP contribution is -1.91. The van der Waals surface area contributed by atoms with Gasteiger partial charge in [-0.15, -0.1) is 0 Å². The van der Waals surface area contributed by atoms with Gasteiger partial charge in [0, 0.05) is 23.7 Å². The van der Waals surface area contributed by atoms with Gasteiger partial charge in [-0.1, -0.05) is 13.8 Å². The summed E-state index contributed by atoms with van der Waals surface area (Å²) < 4.78 is 0. The van der Waals surface area contributed by atoms with Crippen LogP contribution in [0.2, 0.25) is 0 Å². The molecule has 2 aromatic rings. The van der Waals surface area contributed by atoms with Gasteiger partial charge < -0.3 is 0 Å². The van der Waals surface area contributed by atoms with Crippen LogP contribution in [0.25, 0.3) is 11.3 Å². The van der Waals surface area contributed by atoms with Gasteiger partial charge in [-0.2, -0.15) is 5.10 Å². The first-order valence-electron chi connectivity index (χ1n) is 4.73. The summed E-state index contributed by atoms with van der Waals surface area (Å²) in [5.74, 6) is 0.478. The summed E-state index contributed by atoms with van der Waals surface area (Å²) in [7, 11) is 0. The molecule has 0 atom stereocenters. The maximum atomic E-state index is 4.39. The van der Waals surface area contributed by atoms with Gasteiger partial charge in [0.15, 0.2) is 0 Å². The number of hydrogen-bond donors (Lipinski definition) is 1. The van der Waals surface area contributed by atoms with Gasteiger partial charge in [0.25, 0.3) is 0 Å². The number of H-pyrrole nitrogens is 1. The number of hydrogen-bond acceptors (Lipinski definition) is 2. The smallest absolute Gasteiger partial charge is 0.0665 e. The van der Waals surface area contributed by atoms with Crippen LogP contribution >= 0.6 is 0 Å². The summed E-state index contributed by atoms with van der Waals surface area (Å²) in [6, 6.07) is 6.06. The monoisotopic (exact) mass is 187 g/mol. The maximum absolute atomic E-state index is 4.39. The van der Waals surface area contributed by atoms with Crippen LogP contribution in [0.3, 0.4) is 0 Å². The molecule has 0 radical (unpaired) electrons. The zero-order chi connectivity index (χ0) is 9.97. The molecule has 14 heavy (non-hydrogen) atoms. The molecule has 0 aliphatic rings. The standard InChI is InChI=1S/C11H13N3/c1-8(2)10-4-3-9(7-12-10)11-5-6-13-14-11/h3-8H,1-2H3,(H,13,14). The van der Waals surface area contributed by atoms with Crippen molar-refractivity contribution in [2.75, 3.05) is 0 Å². The molecule has 0 bridgehead atoms.